The minimum atomic E-state index is 0. The Labute approximate surface area is 106 Å². The van der Waals surface area contributed by atoms with Gasteiger partial charge in [-0.1, -0.05) is 0 Å². The van der Waals surface area contributed by atoms with Gasteiger partial charge in [0.1, 0.15) is 0 Å². The van der Waals surface area contributed by atoms with Crippen molar-refractivity contribution in [3.8, 4) is 0 Å². The average molecular weight is 192 g/mol. The first-order chi connectivity index (χ1) is 5.00. The van der Waals surface area contributed by atoms with E-state index < -0.39 is 0 Å². The molecule has 1 aliphatic carbocycles. The van der Waals surface area contributed by atoms with E-state index in [-0.39, 0.29) is 45.2 Å². The number of rotatable bonds is 0. The van der Waals surface area contributed by atoms with Gasteiger partial charge >= 0.3 is 37.7 Å². The van der Waals surface area contributed by atoms with Gasteiger partial charge in [-0.2, -0.15) is 6.08 Å². The number of allylic oxidation sites excluding steroid dienone is 4. The van der Waals surface area contributed by atoms with Crippen LogP contribution in [-0.2, 0) is 4.74 Å². The molecular weight excluding hydrogens is 176 g/mol. The van der Waals surface area contributed by atoms with Gasteiger partial charge in [-0.05, 0) is 12.8 Å². The van der Waals surface area contributed by atoms with Crippen molar-refractivity contribution in [1.29, 1.82) is 0 Å². The maximum atomic E-state index is 4.94. The first-order valence-corrected chi connectivity index (χ1v) is 3.79. The number of ether oxygens (including phenoxy) is 1. The Morgan fingerprint density at radius 1 is 1.17 bits per heavy atom. The summed E-state index contributed by atoms with van der Waals surface area (Å²) in [6.45, 7) is 2.00. The molecular formula is C10H16CaO. The van der Waals surface area contributed by atoms with Crippen LogP contribution in [0.15, 0.2) is 18.2 Å². The van der Waals surface area contributed by atoms with Crippen LogP contribution < -0.4 is 0 Å². The Bertz CT molecular complexity index is 108. The van der Waals surface area contributed by atoms with Crippen molar-refractivity contribution in [3.63, 3.8) is 0 Å². The summed E-state index contributed by atoms with van der Waals surface area (Å²) in [6.07, 6.45) is 12.6. The summed E-state index contributed by atoms with van der Waals surface area (Å²) in [6, 6.07) is 0. The zero-order valence-electron chi connectivity index (χ0n) is 7.88. The molecule has 1 heterocycles. The van der Waals surface area contributed by atoms with Gasteiger partial charge in [0.2, 0.25) is 0 Å². The van der Waals surface area contributed by atoms with Gasteiger partial charge in [0.05, 0.1) is 0 Å². The van der Waals surface area contributed by atoms with Crippen LogP contribution in [0.4, 0.5) is 0 Å². The quantitative estimate of drug-likeness (QED) is 0.422. The van der Waals surface area contributed by atoms with Gasteiger partial charge in [0.15, 0.2) is 0 Å². The molecule has 0 unspecified atom stereocenters. The largest absolute Gasteiger partial charge is 2.00 e. The number of hydrogen-bond acceptors (Lipinski definition) is 1. The fourth-order valence-corrected chi connectivity index (χ4v) is 0.851. The molecule has 1 aliphatic heterocycles. The molecule has 0 aromatic heterocycles. The second-order valence-corrected chi connectivity index (χ2v) is 2.32. The van der Waals surface area contributed by atoms with Crippen molar-refractivity contribution in [2.24, 2.45) is 0 Å². The smallest absolute Gasteiger partial charge is 0.381 e. The molecule has 12 heavy (non-hydrogen) atoms. The molecule has 0 N–H and O–H groups in total. The van der Waals surface area contributed by atoms with Crippen LogP contribution in [0.25, 0.3) is 0 Å². The summed E-state index contributed by atoms with van der Waals surface area (Å²) >= 11 is 0. The van der Waals surface area contributed by atoms with Gasteiger partial charge in [0.25, 0.3) is 0 Å². The molecule has 0 saturated carbocycles. The summed E-state index contributed by atoms with van der Waals surface area (Å²) < 4.78 is 4.94. The van der Waals surface area contributed by atoms with Crippen LogP contribution in [0.2, 0.25) is 0 Å². The summed E-state index contributed by atoms with van der Waals surface area (Å²) in [5.74, 6) is 0. The van der Waals surface area contributed by atoms with Crippen molar-refractivity contribution in [2.75, 3.05) is 13.2 Å². The predicted octanol–water partition coefficient (Wildman–Crippen LogP) is 2.17. The van der Waals surface area contributed by atoms with Crippen molar-refractivity contribution < 1.29 is 4.74 Å². The van der Waals surface area contributed by atoms with Crippen LogP contribution in [0.5, 0.6) is 0 Å². The molecule has 2 heteroatoms. The van der Waals surface area contributed by atoms with E-state index >= 15 is 0 Å². The van der Waals surface area contributed by atoms with Gasteiger partial charge in [0, 0.05) is 13.2 Å². The predicted molar refractivity (Wildman–Crippen MR) is 53.8 cm³/mol. The van der Waals surface area contributed by atoms with Gasteiger partial charge in [-0.3, -0.25) is 6.08 Å². The molecule has 0 atom stereocenters. The van der Waals surface area contributed by atoms with Crippen LogP contribution in [0.1, 0.15) is 19.3 Å². The van der Waals surface area contributed by atoms with Gasteiger partial charge in [-0.15, -0.1) is 6.42 Å². The molecule has 0 aromatic carbocycles. The van der Waals surface area contributed by atoms with Crippen molar-refractivity contribution in [1.82, 2.24) is 0 Å². The monoisotopic (exact) mass is 192 g/mol. The average Bonchev–Trinajstić information content (AvgIpc) is 2.67. The van der Waals surface area contributed by atoms with E-state index in [2.05, 4.69) is 12.2 Å². The molecule has 0 bridgehead atoms. The Morgan fingerprint density at radius 3 is 2.00 bits per heavy atom. The second kappa shape index (κ2) is 11.7. The maximum absolute atomic E-state index is 4.94. The molecule has 1 saturated heterocycles. The first kappa shape index (κ1) is 15.2. The molecule has 0 amide bonds. The summed E-state index contributed by atoms with van der Waals surface area (Å²) in [5.41, 5.74) is 0. The Balaban J connectivity index is 0. The van der Waals surface area contributed by atoms with E-state index in [0.717, 1.165) is 19.6 Å². The summed E-state index contributed by atoms with van der Waals surface area (Å²) in [7, 11) is 0. The van der Waals surface area contributed by atoms with Crippen LogP contribution in [0.3, 0.4) is 0 Å². The number of hydrogen-bond donors (Lipinski definition) is 0. The van der Waals surface area contributed by atoms with Crippen LogP contribution in [0, 0.1) is 13.5 Å². The molecule has 1 fully saturated rings. The SMILES string of the molecule is C1CCOC1.[C-]1=CC=CC1.[CH3-].[Ca+2]. The van der Waals surface area contributed by atoms with E-state index in [1.165, 1.54) is 12.8 Å². The van der Waals surface area contributed by atoms with E-state index in [1.807, 2.05) is 12.2 Å². The summed E-state index contributed by atoms with van der Waals surface area (Å²) in [4.78, 5) is 0. The molecule has 64 valence electrons. The molecule has 0 aromatic rings. The normalized spacial score (nSPS) is 17.3. The van der Waals surface area contributed by atoms with Crippen molar-refractivity contribution >= 4 is 37.7 Å². The third-order valence-corrected chi connectivity index (χ3v) is 1.41. The summed E-state index contributed by atoms with van der Waals surface area (Å²) in [5, 5.41) is 0. The van der Waals surface area contributed by atoms with Gasteiger partial charge < -0.3 is 12.2 Å². The minimum absolute atomic E-state index is 0. The fourth-order valence-electron chi connectivity index (χ4n) is 0.851. The topological polar surface area (TPSA) is 9.23 Å². The fraction of sp³-hybridized carbons (Fsp3) is 0.500. The van der Waals surface area contributed by atoms with E-state index in [9.17, 15) is 0 Å². The molecule has 0 spiro atoms. The van der Waals surface area contributed by atoms with Crippen LogP contribution in [-0.4, -0.2) is 51.0 Å². The Kier molecular flexibility index (Phi) is 14.8. The van der Waals surface area contributed by atoms with E-state index in [0.29, 0.717) is 0 Å². The Morgan fingerprint density at radius 2 is 1.83 bits per heavy atom. The minimum Gasteiger partial charge on any atom is -0.381 e. The van der Waals surface area contributed by atoms with Crippen LogP contribution >= 0.6 is 0 Å². The molecule has 2 rings (SSSR count). The van der Waals surface area contributed by atoms with E-state index in [4.69, 9.17) is 4.74 Å². The zero-order valence-corrected chi connectivity index (χ0v) is 10.1. The first-order valence-electron chi connectivity index (χ1n) is 3.79. The zero-order chi connectivity index (χ0) is 7.07. The van der Waals surface area contributed by atoms with Gasteiger partial charge in [-0.25, -0.2) is 12.2 Å². The standard InChI is InChI=1S/C5H5.C4H8O.CH3.Ca/c2*1-2-4-5-3-1;;/h1-3H,4H2;1-4H2;1H3;/q-1;;-1;+2. The molecule has 2 aliphatic rings. The maximum Gasteiger partial charge on any atom is 2.00 e. The molecule has 0 radical (unpaired) electrons. The molecule has 1 nitrogen and oxygen atoms in total. The van der Waals surface area contributed by atoms with Crippen molar-refractivity contribution in [2.45, 2.75) is 19.3 Å². The van der Waals surface area contributed by atoms with Crippen molar-refractivity contribution in [3.05, 3.63) is 31.7 Å². The third kappa shape index (κ3) is 8.79. The Hall–Kier alpha value is 0.700. The van der Waals surface area contributed by atoms with E-state index in [1.54, 1.807) is 0 Å². The second-order valence-electron chi connectivity index (χ2n) is 2.32. The third-order valence-electron chi connectivity index (χ3n) is 1.41.